The topological polar surface area (TPSA) is 35.2 Å². The Bertz CT molecular complexity index is 583. The maximum Gasteiger partial charge on any atom is 0.130 e. The summed E-state index contributed by atoms with van der Waals surface area (Å²) in [5, 5.41) is 0. The van der Waals surface area contributed by atoms with Crippen molar-refractivity contribution in [1.82, 2.24) is 0 Å². The van der Waals surface area contributed by atoms with Gasteiger partial charge in [-0.25, -0.2) is 0 Å². The molecule has 0 amide bonds. The quantitative estimate of drug-likeness (QED) is 0.814. The van der Waals surface area contributed by atoms with Crippen molar-refractivity contribution in [2.24, 2.45) is 5.73 Å². The predicted octanol–water partition coefficient (Wildman–Crippen LogP) is 5.21. The Morgan fingerprint density at radius 2 is 1.95 bits per heavy atom. The zero-order chi connectivity index (χ0) is 14.5. The molecule has 2 rings (SSSR count). The third-order valence-electron chi connectivity index (χ3n) is 3.53. The van der Waals surface area contributed by atoms with Crippen molar-refractivity contribution in [2.45, 2.75) is 32.7 Å². The smallest absolute Gasteiger partial charge is 0.130 e. The Labute approximate surface area is 129 Å². The third-order valence-corrected chi connectivity index (χ3v) is 4.27. The van der Waals surface area contributed by atoms with Crippen LogP contribution in [0.3, 0.4) is 0 Å². The Morgan fingerprint density at radius 3 is 2.60 bits per heavy atom. The Balaban J connectivity index is 2.28. The highest BCUT2D eigenvalue weighted by Crippen LogP contribution is 2.33. The molecule has 0 bridgehead atoms. The average Bonchev–Trinajstić information content (AvgIpc) is 2.47. The summed E-state index contributed by atoms with van der Waals surface area (Å²) in [7, 11) is 0. The largest absolute Gasteiger partial charge is 0.457 e. The molecular formula is C17H20BrNO. The number of halogens is 1. The zero-order valence-corrected chi connectivity index (χ0v) is 13.5. The van der Waals surface area contributed by atoms with E-state index in [1.165, 1.54) is 5.56 Å². The Morgan fingerprint density at radius 1 is 1.20 bits per heavy atom. The molecule has 20 heavy (non-hydrogen) atoms. The SMILES string of the molecule is CCC(C)c1ccccc1Oc1ccc(CN)c(Br)c1. The molecule has 1 unspecified atom stereocenters. The van der Waals surface area contributed by atoms with Crippen molar-refractivity contribution < 1.29 is 4.74 Å². The second kappa shape index (κ2) is 6.91. The number of ether oxygens (including phenoxy) is 1. The van der Waals surface area contributed by atoms with Crippen LogP contribution < -0.4 is 10.5 Å². The summed E-state index contributed by atoms with van der Waals surface area (Å²) >= 11 is 3.52. The second-order valence-corrected chi connectivity index (χ2v) is 5.76. The first kappa shape index (κ1) is 15.1. The van der Waals surface area contributed by atoms with Crippen LogP contribution in [0.25, 0.3) is 0 Å². The van der Waals surface area contributed by atoms with E-state index in [4.69, 9.17) is 10.5 Å². The first-order valence-corrected chi connectivity index (χ1v) is 7.70. The van der Waals surface area contributed by atoms with Crippen LogP contribution >= 0.6 is 15.9 Å². The lowest BCUT2D eigenvalue weighted by molar-refractivity contribution is 0.470. The summed E-state index contributed by atoms with van der Waals surface area (Å²) < 4.78 is 7.03. The van der Waals surface area contributed by atoms with Crippen LogP contribution in [0.1, 0.15) is 37.3 Å². The molecule has 0 spiro atoms. The molecule has 0 heterocycles. The minimum absolute atomic E-state index is 0.484. The van der Waals surface area contributed by atoms with Gasteiger partial charge in [0, 0.05) is 11.0 Å². The molecule has 0 fully saturated rings. The van der Waals surface area contributed by atoms with E-state index in [1.807, 2.05) is 30.3 Å². The van der Waals surface area contributed by atoms with E-state index in [0.29, 0.717) is 12.5 Å². The van der Waals surface area contributed by atoms with Gasteiger partial charge in [0.25, 0.3) is 0 Å². The number of nitrogens with two attached hydrogens (primary N) is 1. The minimum atomic E-state index is 0.484. The molecule has 0 saturated carbocycles. The molecule has 1 atom stereocenters. The van der Waals surface area contributed by atoms with Crippen LogP contribution in [0.15, 0.2) is 46.9 Å². The van der Waals surface area contributed by atoms with E-state index in [9.17, 15) is 0 Å². The van der Waals surface area contributed by atoms with Crippen molar-refractivity contribution in [3.63, 3.8) is 0 Å². The summed E-state index contributed by atoms with van der Waals surface area (Å²) in [5.41, 5.74) is 7.99. The highest BCUT2D eigenvalue weighted by atomic mass is 79.9. The lowest BCUT2D eigenvalue weighted by atomic mass is 9.98. The van der Waals surface area contributed by atoms with Gasteiger partial charge in [0.1, 0.15) is 11.5 Å². The molecule has 2 aromatic carbocycles. The maximum absolute atomic E-state index is 6.04. The normalized spacial score (nSPS) is 12.2. The van der Waals surface area contributed by atoms with E-state index in [0.717, 1.165) is 28.0 Å². The summed E-state index contributed by atoms with van der Waals surface area (Å²) in [4.78, 5) is 0. The lowest BCUT2D eigenvalue weighted by Gasteiger charge is -2.16. The summed E-state index contributed by atoms with van der Waals surface area (Å²) in [6.45, 7) is 4.92. The highest BCUT2D eigenvalue weighted by Gasteiger charge is 2.10. The van der Waals surface area contributed by atoms with Crippen molar-refractivity contribution in [3.05, 3.63) is 58.1 Å². The molecule has 3 heteroatoms. The van der Waals surface area contributed by atoms with Gasteiger partial charge in [-0.1, -0.05) is 54.0 Å². The van der Waals surface area contributed by atoms with Crippen molar-refractivity contribution in [1.29, 1.82) is 0 Å². The zero-order valence-electron chi connectivity index (χ0n) is 11.9. The number of hydrogen-bond donors (Lipinski definition) is 1. The summed E-state index contributed by atoms with van der Waals surface area (Å²) in [6, 6.07) is 14.1. The van der Waals surface area contributed by atoms with Gasteiger partial charge in [0.2, 0.25) is 0 Å². The van der Waals surface area contributed by atoms with Crippen LogP contribution in [0.4, 0.5) is 0 Å². The standard InChI is InChI=1S/C17H20BrNO/c1-3-12(2)15-6-4-5-7-17(15)20-14-9-8-13(11-19)16(18)10-14/h4-10,12H,3,11,19H2,1-2H3. The second-order valence-electron chi connectivity index (χ2n) is 4.91. The van der Waals surface area contributed by atoms with Crippen LogP contribution in [0, 0.1) is 0 Å². The molecule has 0 aliphatic rings. The van der Waals surface area contributed by atoms with Gasteiger partial charge in [-0.3, -0.25) is 0 Å². The van der Waals surface area contributed by atoms with E-state index in [-0.39, 0.29) is 0 Å². The average molecular weight is 334 g/mol. The van der Waals surface area contributed by atoms with Crippen LogP contribution in [-0.2, 0) is 6.54 Å². The summed E-state index contributed by atoms with van der Waals surface area (Å²) in [6.07, 6.45) is 1.09. The predicted molar refractivity (Wildman–Crippen MR) is 87.3 cm³/mol. The fraction of sp³-hybridized carbons (Fsp3) is 0.294. The molecule has 2 N–H and O–H groups in total. The molecule has 106 valence electrons. The van der Waals surface area contributed by atoms with E-state index < -0.39 is 0 Å². The molecule has 0 aromatic heterocycles. The van der Waals surface area contributed by atoms with Gasteiger partial charge in [-0.2, -0.15) is 0 Å². The third kappa shape index (κ3) is 3.41. The van der Waals surface area contributed by atoms with Gasteiger partial charge >= 0.3 is 0 Å². The number of hydrogen-bond acceptors (Lipinski definition) is 2. The Kier molecular flexibility index (Phi) is 5.21. The minimum Gasteiger partial charge on any atom is -0.457 e. The molecular weight excluding hydrogens is 314 g/mol. The number of para-hydroxylation sites is 1. The van der Waals surface area contributed by atoms with Crippen molar-refractivity contribution in [3.8, 4) is 11.5 Å². The molecule has 2 aromatic rings. The van der Waals surface area contributed by atoms with Crippen LogP contribution in [0.2, 0.25) is 0 Å². The van der Waals surface area contributed by atoms with E-state index in [1.54, 1.807) is 0 Å². The summed E-state index contributed by atoms with van der Waals surface area (Å²) in [5.74, 6) is 2.23. The fourth-order valence-electron chi connectivity index (χ4n) is 2.08. The van der Waals surface area contributed by atoms with Crippen LogP contribution in [0.5, 0.6) is 11.5 Å². The van der Waals surface area contributed by atoms with Crippen LogP contribution in [-0.4, -0.2) is 0 Å². The molecule has 0 saturated heterocycles. The van der Waals surface area contributed by atoms with E-state index in [2.05, 4.69) is 41.9 Å². The highest BCUT2D eigenvalue weighted by molar-refractivity contribution is 9.10. The molecule has 0 aliphatic carbocycles. The van der Waals surface area contributed by atoms with Gasteiger partial charge < -0.3 is 10.5 Å². The van der Waals surface area contributed by atoms with Crippen molar-refractivity contribution >= 4 is 15.9 Å². The molecule has 0 aliphatic heterocycles. The van der Waals surface area contributed by atoms with Gasteiger partial charge in [0.05, 0.1) is 0 Å². The molecule has 2 nitrogen and oxygen atoms in total. The monoisotopic (exact) mass is 333 g/mol. The van der Waals surface area contributed by atoms with Gasteiger partial charge in [-0.15, -0.1) is 0 Å². The van der Waals surface area contributed by atoms with Crippen molar-refractivity contribution in [2.75, 3.05) is 0 Å². The number of benzene rings is 2. The van der Waals surface area contributed by atoms with Gasteiger partial charge in [0.15, 0.2) is 0 Å². The molecule has 0 radical (unpaired) electrons. The lowest BCUT2D eigenvalue weighted by Crippen LogP contribution is -1.98. The van der Waals surface area contributed by atoms with E-state index >= 15 is 0 Å². The van der Waals surface area contributed by atoms with Gasteiger partial charge in [-0.05, 0) is 41.7 Å². The first-order valence-electron chi connectivity index (χ1n) is 6.91. The number of rotatable bonds is 5. The Hall–Kier alpha value is -1.32. The maximum atomic E-state index is 6.04. The first-order chi connectivity index (χ1) is 9.65. The fourth-order valence-corrected chi connectivity index (χ4v) is 2.60.